The molecule has 0 fully saturated rings. The first-order valence-corrected chi connectivity index (χ1v) is 8.52. The number of amides is 1. The lowest BCUT2D eigenvalue weighted by atomic mass is 10.1. The second-order valence-electron chi connectivity index (χ2n) is 5.39. The van der Waals surface area contributed by atoms with Crippen LogP contribution in [0.3, 0.4) is 0 Å². The van der Waals surface area contributed by atoms with Crippen LogP contribution in [-0.4, -0.2) is 25.0 Å². The van der Waals surface area contributed by atoms with Crippen LogP contribution in [0.25, 0.3) is 0 Å². The Bertz CT molecular complexity index is 765. The summed E-state index contributed by atoms with van der Waals surface area (Å²) >= 11 is 2.17. The zero-order valence-electron chi connectivity index (χ0n) is 13.4. The minimum Gasteiger partial charge on any atom is -0.467 e. The fourth-order valence-corrected chi connectivity index (χ4v) is 2.63. The zero-order chi connectivity index (χ0) is 18.4. The van der Waals surface area contributed by atoms with Crippen molar-refractivity contribution in [2.45, 2.75) is 18.9 Å². The summed E-state index contributed by atoms with van der Waals surface area (Å²) in [4.78, 5) is 24.1. The maximum atomic E-state index is 13.6. The van der Waals surface area contributed by atoms with E-state index in [9.17, 15) is 18.4 Å². The topological polar surface area (TPSA) is 55.4 Å². The molecular weight excluding hydrogens is 443 g/mol. The Labute approximate surface area is 157 Å². The van der Waals surface area contributed by atoms with Crippen LogP contribution in [0, 0.1) is 15.2 Å². The van der Waals surface area contributed by atoms with E-state index in [1.165, 1.54) is 13.2 Å². The molecule has 0 radical (unpaired) electrons. The highest BCUT2D eigenvalue weighted by Crippen LogP contribution is 2.12. The number of carbonyl (C=O) groups is 2. The van der Waals surface area contributed by atoms with Gasteiger partial charge in [-0.3, -0.25) is 4.79 Å². The minimum absolute atomic E-state index is 0.0526. The molecule has 2 aromatic carbocycles. The van der Waals surface area contributed by atoms with E-state index >= 15 is 0 Å². The van der Waals surface area contributed by atoms with E-state index in [0.717, 1.165) is 15.2 Å². The standard InChI is InChI=1S/C18H16F2INO3/c1-25-18(24)16(8-11-2-6-14(21)7-3-11)22-17(23)9-12-4-5-13(19)10-15(12)20/h2-7,10,16H,8-9H2,1H3,(H,22,23)/t16-/m0/s1. The summed E-state index contributed by atoms with van der Waals surface area (Å²) in [6.07, 6.45) is -0.0481. The van der Waals surface area contributed by atoms with Crippen molar-refractivity contribution in [3.8, 4) is 0 Å². The largest absolute Gasteiger partial charge is 0.467 e. The molecule has 0 saturated carbocycles. The molecule has 0 spiro atoms. The van der Waals surface area contributed by atoms with Gasteiger partial charge in [-0.25, -0.2) is 13.6 Å². The fourth-order valence-electron chi connectivity index (χ4n) is 2.28. The van der Waals surface area contributed by atoms with Crippen LogP contribution in [0.4, 0.5) is 8.78 Å². The highest BCUT2D eigenvalue weighted by atomic mass is 127. The lowest BCUT2D eigenvalue weighted by molar-refractivity contribution is -0.145. The van der Waals surface area contributed by atoms with E-state index in [1.54, 1.807) is 0 Å². The van der Waals surface area contributed by atoms with Crippen LogP contribution >= 0.6 is 22.6 Å². The molecule has 0 aromatic heterocycles. The first kappa shape index (κ1) is 19.3. The Morgan fingerprint density at radius 1 is 1.16 bits per heavy atom. The molecule has 0 aliphatic carbocycles. The van der Waals surface area contributed by atoms with Gasteiger partial charge in [0.15, 0.2) is 0 Å². The quantitative estimate of drug-likeness (QED) is 0.534. The number of hydrogen-bond donors (Lipinski definition) is 1. The molecular formula is C18H16F2INO3. The summed E-state index contributed by atoms with van der Waals surface area (Å²) in [6, 6.07) is 9.59. The van der Waals surface area contributed by atoms with Gasteiger partial charge in [0.2, 0.25) is 5.91 Å². The lowest BCUT2D eigenvalue weighted by Crippen LogP contribution is -2.43. The fraction of sp³-hybridized carbons (Fsp3) is 0.222. The highest BCUT2D eigenvalue weighted by Gasteiger charge is 2.22. The van der Waals surface area contributed by atoms with E-state index in [0.29, 0.717) is 6.07 Å². The van der Waals surface area contributed by atoms with Crippen molar-refractivity contribution in [3.05, 3.63) is 68.8 Å². The van der Waals surface area contributed by atoms with Crippen LogP contribution in [0.15, 0.2) is 42.5 Å². The summed E-state index contributed by atoms with van der Waals surface area (Å²) in [5, 5.41) is 2.55. The Kier molecular flexibility index (Phi) is 6.86. The van der Waals surface area contributed by atoms with Gasteiger partial charge >= 0.3 is 5.97 Å². The SMILES string of the molecule is COC(=O)[C@H](Cc1ccc(I)cc1)NC(=O)Cc1ccc(F)cc1F. The highest BCUT2D eigenvalue weighted by molar-refractivity contribution is 14.1. The van der Waals surface area contributed by atoms with E-state index in [1.807, 2.05) is 24.3 Å². The number of rotatable bonds is 6. The predicted molar refractivity (Wildman–Crippen MR) is 96.9 cm³/mol. The molecule has 25 heavy (non-hydrogen) atoms. The van der Waals surface area contributed by atoms with E-state index in [-0.39, 0.29) is 18.4 Å². The number of esters is 1. The number of benzene rings is 2. The maximum Gasteiger partial charge on any atom is 0.328 e. The van der Waals surface area contributed by atoms with Crippen molar-refractivity contribution in [1.29, 1.82) is 0 Å². The summed E-state index contributed by atoms with van der Waals surface area (Å²) < 4.78 is 32.3. The number of nitrogens with one attached hydrogen (secondary N) is 1. The molecule has 0 aliphatic rings. The minimum atomic E-state index is -0.888. The average molecular weight is 459 g/mol. The van der Waals surface area contributed by atoms with Crippen molar-refractivity contribution in [3.63, 3.8) is 0 Å². The molecule has 7 heteroatoms. The van der Waals surface area contributed by atoms with Crippen LogP contribution in [0.2, 0.25) is 0 Å². The summed E-state index contributed by atoms with van der Waals surface area (Å²) in [5.74, 6) is -2.66. The summed E-state index contributed by atoms with van der Waals surface area (Å²) in [7, 11) is 1.23. The molecule has 4 nitrogen and oxygen atoms in total. The van der Waals surface area contributed by atoms with Crippen LogP contribution < -0.4 is 5.32 Å². The molecule has 2 rings (SSSR count). The van der Waals surface area contributed by atoms with Crippen molar-refractivity contribution in [2.24, 2.45) is 0 Å². The zero-order valence-corrected chi connectivity index (χ0v) is 15.5. The Balaban J connectivity index is 2.06. The van der Waals surface area contributed by atoms with Crippen LogP contribution in [0.5, 0.6) is 0 Å². The predicted octanol–water partition coefficient (Wildman–Crippen LogP) is 3.01. The molecule has 0 saturated heterocycles. The van der Waals surface area contributed by atoms with Crippen molar-refractivity contribution >= 4 is 34.5 Å². The second kappa shape index (κ2) is 8.89. The van der Waals surface area contributed by atoms with Gasteiger partial charge in [-0.05, 0) is 51.9 Å². The molecule has 1 N–H and O–H groups in total. The van der Waals surface area contributed by atoms with Gasteiger partial charge < -0.3 is 10.1 Å². The monoisotopic (exact) mass is 459 g/mol. The molecule has 0 bridgehead atoms. The molecule has 1 atom stereocenters. The van der Waals surface area contributed by atoms with E-state index < -0.39 is 29.6 Å². The van der Waals surface area contributed by atoms with Gasteiger partial charge in [-0.1, -0.05) is 18.2 Å². The molecule has 132 valence electrons. The van der Waals surface area contributed by atoms with Gasteiger partial charge in [0, 0.05) is 16.1 Å². The van der Waals surface area contributed by atoms with Gasteiger partial charge in [0.1, 0.15) is 17.7 Å². The maximum absolute atomic E-state index is 13.6. The van der Waals surface area contributed by atoms with E-state index in [2.05, 4.69) is 27.9 Å². The molecule has 0 heterocycles. The lowest BCUT2D eigenvalue weighted by Gasteiger charge is -2.17. The van der Waals surface area contributed by atoms with Crippen LogP contribution in [0.1, 0.15) is 11.1 Å². The number of carbonyl (C=O) groups excluding carboxylic acids is 2. The Morgan fingerprint density at radius 3 is 2.44 bits per heavy atom. The van der Waals surface area contributed by atoms with Crippen molar-refractivity contribution in [2.75, 3.05) is 7.11 Å². The van der Waals surface area contributed by atoms with Gasteiger partial charge in [0.05, 0.1) is 13.5 Å². The molecule has 1 amide bonds. The second-order valence-corrected chi connectivity index (χ2v) is 6.63. The van der Waals surface area contributed by atoms with Gasteiger partial charge in [0.25, 0.3) is 0 Å². The molecule has 0 aliphatic heterocycles. The van der Waals surface area contributed by atoms with Crippen LogP contribution in [-0.2, 0) is 27.2 Å². The number of ether oxygens (including phenoxy) is 1. The number of halogens is 3. The number of hydrogen-bond acceptors (Lipinski definition) is 3. The molecule has 0 unspecified atom stereocenters. The Morgan fingerprint density at radius 2 is 1.84 bits per heavy atom. The Hall–Kier alpha value is -2.03. The first-order chi connectivity index (χ1) is 11.9. The number of methoxy groups -OCH3 is 1. The van der Waals surface area contributed by atoms with E-state index in [4.69, 9.17) is 4.74 Å². The summed E-state index contributed by atoms with van der Waals surface area (Å²) in [5.41, 5.74) is 0.904. The van der Waals surface area contributed by atoms with Gasteiger partial charge in [-0.15, -0.1) is 0 Å². The van der Waals surface area contributed by atoms with Crippen molar-refractivity contribution in [1.82, 2.24) is 5.32 Å². The third-order valence-corrected chi connectivity index (χ3v) is 4.26. The third-order valence-electron chi connectivity index (χ3n) is 3.54. The smallest absolute Gasteiger partial charge is 0.328 e. The normalized spacial score (nSPS) is 11.7. The third kappa shape index (κ3) is 5.77. The first-order valence-electron chi connectivity index (χ1n) is 7.44. The average Bonchev–Trinajstić information content (AvgIpc) is 2.58. The summed E-state index contributed by atoms with van der Waals surface area (Å²) in [6.45, 7) is 0. The molecule has 2 aromatic rings. The van der Waals surface area contributed by atoms with Gasteiger partial charge in [-0.2, -0.15) is 0 Å². The van der Waals surface area contributed by atoms with Crippen molar-refractivity contribution < 1.29 is 23.1 Å².